The van der Waals surface area contributed by atoms with Gasteiger partial charge in [0.25, 0.3) is 11.8 Å². The molecule has 2 aromatic carbocycles. The van der Waals surface area contributed by atoms with E-state index in [1.807, 2.05) is 10.6 Å². The van der Waals surface area contributed by atoms with Crippen molar-refractivity contribution in [3.05, 3.63) is 83.2 Å². The van der Waals surface area contributed by atoms with Crippen molar-refractivity contribution in [2.75, 3.05) is 7.05 Å². The van der Waals surface area contributed by atoms with Gasteiger partial charge in [0.05, 0.1) is 28.4 Å². The molecule has 10 heteroatoms. The molecule has 0 spiro atoms. The van der Waals surface area contributed by atoms with Crippen molar-refractivity contribution in [3.63, 3.8) is 0 Å². The molecule has 0 saturated heterocycles. The number of halogens is 2. The molecule has 40 heavy (non-hydrogen) atoms. The fourth-order valence-electron chi connectivity index (χ4n) is 5.86. The molecule has 2 aliphatic rings. The highest BCUT2D eigenvalue weighted by molar-refractivity contribution is 6.21. The number of rotatable bonds is 4. The van der Waals surface area contributed by atoms with Crippen LogP contribution in [0.5, 0.6) is 0 Å². The van der Waals surface area contributed by atoms with E-state index in [1.54, 1.807) is 44.6 Å². The van der Waals surface area contributed by atoms with Gasteiger partial charge in [-0.15, -0.1) is 0 Å². The smallest absolute Gasteiger partial charge is 0.261 e. The molecule has 1 fully saturated rings. The molecular weight excluding hydrogens is 514 g/mol. The summed E-state index contributed by atoms with van der Waals surface area (Å²) in [6, 6.07) is 11.4. The van der Waals surface area contributed by atoms with Crippen LogP contribution in [-0.4, -0.2) is 56.4 Å². The van der Waals surface area contributed by atoms with Gasteiger partial charge in [-0.1, -0.05) is 12.1 Å². The summed E-state index contributed by atoms with van der Waals surface area (Å²) in [5.41, 5.74) is 2.50. The molecule has 2 atom stereocenters. The number of pyridine rings is 1. The number of hydrogen-bond donors (Lipinski definition) is 0. The van der Waals surface area contributed by atoms with Crippen LogP contribution in [0.1, 0.15) is 66.5 Å². The number of hydrogen-bond acceptors (Lipinski definition) is 5. The van der Waals surface area contributed by atoms with Crippen LogP contribution >= 0.6 is 0 Å². The van der Waals surface area contributed by atoms with Gasteiger partial charge in [0, 0.05) is 26.8 Å². The van der Waals surface area contributed by atoms with Gasteiger partial charge in [0.1, 0.15) is 28.7 Å². The molecule has 1 saturated carbocycles. The molecule has 2 aromatic heterocycles. The second kappa shape index (κ2) is 10.2. The van der Waals surface area contributed by atoms with Crippen molar-refractivity contribution in [1.82, 2.24) is 19.4 Å². The van der Waals surface area contributed by atoms with Gasteiger partial charge in [-0.3, -0.25) is 24.5 Å². The molecule has 8 nitrogen and oxygen atoms in total. The number of imide groups is 1. The molecule has 1 aliphatic heterocycles. The predicted octanol–water partition coefficient (Wildman–Crippen LogP) is 5.87. The Morgan fingerprint density at radius 2 is 1.80 bits per heavy atom. The van der Waals surface area contributed by atoms with Gasteiger partial charge in [0.2, 0.25) is 0 Å². The molecule has 4 aromatic rings. The highest BCUT2D eigenvalue weighted by atomic mass is 19.1. The van der Waals surface area contributed by atoms with Gasteiger partial charge in [-0.25, -0.2) is 18.8 Å². The first-order valence-electron chi connectivity index (χ1n) is 13.2. The van der Waals surface area contributed by atoms with Crippen LogP contribution in [-0.2, 0) is 0 Å². The summed E-state index contributed by atoms with van der Waals surface area (Å²) < 4.78 is 31.0. The molecule has 204 valence electrons. The van der Waals surface area contributed by atoms with Crippen LogP contribution in [0, 0.1) is 11.6 Å². The minimum atomic E-state index is -0.561. The van der Waals surface area contributed by atoms with Crippen LogP contribution in [0.25, 0.3) is 22.4 Å². The molecule has 1 aliphatic carbocycles. The number of amides is 2. The molecular formula is C30H28F2N6O2. The van der Waals surface area contributed by atoms with E-state index in [2.05, 4.69) is 15.0 Å². The molecule has 6 rings (SSSR count). The SMILES string of the molecule is CC=NC(=NC)c1cc2c(cn1)nc(-c1ccccc1F)n2[C@@H]1CCC[C@H](N2C(=O)c3ccc(F)cc3C2=O)C1.[HH]. The number of fused-ring (bicyclic) bond motifs is 2. The van der Waals surface area contributed by atoms with Crippen molar-refractivity contribution in [2.24, 2.45) is 9.98 Å². The summed E-state index contributed by atoms with van der Waals surface area (Å²) in [7, 11) is 1.63. The average molecular weight is 543 g/mol. The van der Waals surface area contributed by atoms with Gasteiger partial charge in [-0.05, 0) is 69.0 Å². The molecule has 0 N–H and O–H groups in total. The lowest BCUT2D eigenvalue weighted by atomic mass is 9.89. The number of carbonyl (C=O) groups excluding carboxylic acids is 2. The highest BCUT2D eigenvalue weighted by Crippen LogP contribution is 2.40. The summed E-state index contributed by atoms with van der Waals surface area (Å²) in [6.45, 7) is 1.79. The maximum atomic E-state index is 15.1. The third-order valence-corrected chi connectivity index (χ3v) is 7.61. The van der Waals surface area contributed by atoms with Gasteiger partial charge in [0.15, 0.2) is 5.84 Å². The zero-order valence-electron chi connectivity index (χ0n) is 22.0. The van der Waals surface area contributed by atoms with Crippen molar-refractivity contribution >= 4 is 34.9 Å². The Balaban J connectivity index is 0.00000337. The van der Waals surface area contributed by atoms with Crippen LogP contribution in [0.4, 0.5) is 8.78 Å². The summed E-state index contributed by atoms with van der Waals surface area (Å²) in [5.74, 6) is -0.978. The predicted molar refractivity (Wildman–Crippen MR) is 150 cm³/mol. The second-order valence-electron chi connectivity index (χ2n) is 9.92. The lowest BCUT2D eigenvalue weighted by Crippen LogP contribution is -2.43. The lowest BCUT2D eigenvalue weighted by molar-refractivity contribution is 0.0526. The summed E-state index contributed by atoms with van der Waals surface area (Å²) in [5, 5.41) is 0. The standard InChI is InChI=1S/C30H26F2N6O2.H2/c1-3-34-27(33-2)24-15-26-25(16-35-24)36-28(21-9-4-5-10-23(21)32)37(26)18-7-6-8-19(14-18)38-29(39)20-12-11-17(31)13-22(20)30(38)40;/h3-5,9-13,15-16,18-19H,6-8,14H2,1-2H3;1H/t18-,19+;/m1./s1. The Bertz CT molecular complexity index is 1730. The number of carbonyl (C=O) groups is 2. The van der Waals surface area contributed by atoms with Gasteiger partial charge in [-0.2, -0.15) is 0 Å². The minimum absolute atomic E-state index is 0. The van der Waals surface area contributed by atoms with E-state index >= 15 is 4.39 Å². The van der Waals surface area contributed by atoms with Gasteiger partial charge < -0.3 is 4.57 Å². The second-order valence-corrected chi connectivity index (χ2v) is 9.92. The number of imidazole rings is 1. The van der Waals surface area contributed by atoms with Crippen LogP contribution in [0.2, 0.25) is 0 Å². The van der Waals surface area contributed by atoms with Gasteiger partial charge >= 0.3 is 0 Å². The molecule has 0 unspecified atom stereocenters. The average Bonchev–Trinajstić information content (AvgIpc) is 3.45. The van der Waals surface area contributed by atoms with Crippen LogP contribution < -0.4 is 0 Å². The normalized spacial score (nSPS) is 19.7. The van der Waals surface area contributed by atoms with E-state index in [-0.39, 0.29) is 18.6 Å². The van der Waals surface area contributed by atoms with Crippen molar-refractivity contribution < 1.29 is 19.8 Å². The number of amidine groups is 1. The van der Waals surface area contributed by atoms with E-state index in [9.17, 15) is 14.0 Å². The molecule has 0 radical (unpaired) electrons. The first-order chi connectivity index (χ1) is 19.4. The molecule has 3 heterocycles. The quantitative estimate of drug-likeness (QED) is 0.183. The Morgan fingerprint density at radius 1 is 1.02 bits per heavy atom. The largest absolute Gasteiger partial charge is 0.321 e. The third kappa shape index (κ3) is 4.20. The van der Waals surface area contributed by atoms with Crippen molar-refractivity contribution in [2.45, 2.75) is 44.7 Å². The lowest BCUT2D eigenvalue weighted by Gasteiger charge is -2.35. The first-order valence-corrected chi connectivity index (χ1v) is 13.2. The number of nitrogens with zero attached hydrogens (tertiary/aromatic N) is 6. The van der Waals surface area contributed by atoms with Crippen molar-refractivity contribution in [3.8, 4) is 11.4 Å². The Kier molecular flexibility index (Phi) is 6.53. The van der Waals surface area contributed by atoms with Crippen molar-refractivity contribution in [1.29, 1.82) is 0 Å². The topological polar surface area (TPSA) is 92.8 Å². The van der Waals surface area contributed by atoms with E-state index in [1.165, 1.54) is 23.1 Å². The first kappa shape index (κ1) is 25.7. The summed E-state index contributed by atoms with van der Waals surface area (Å²) >= 11 is 0. The molecule has 2 amide bonds. The number of aromatic nitrogens is 3. The number of aliphatic imine (C=N–C) groups is 2. The maximum Gasteiger partial charge on any atom is 0.261 e. The molecule has 0 bridgehead atoms. The Labute approximate surface area is 230 Å². The number of benzene rings is 2. The summed E-state index contributed by atoms with van der Waals surface area (Å²) in [4.78, 5) is 45.6. The third-order valence-electron chi connectivity index (χ3n) is 7.61. The highest BCUT2D eigenvalue weighted by Gasteiger charge is 2.42. The zero-order chi connectivity index (χ0) is 28.0. The maximum absolute atomic E-state index is 15.1. The van der Waals surface area contributed by atoms with E-state index in [4.69, 9.17) is 4.98 Å². The van der Waals surface area contributed by atoms with Crippen LogP contribution in [0.3, 0.4) is 0 Å². The zero-order valence-corrected chi connectivity index (χ0v) is 22.0. The Morgan fingerprint density at radius 3 is 2.58 bits per heavy atom. The fourth-order valence-corrected chi connectivity index (χ4v) is 5.86. The fraction of sp³-hybridized carbons (Fsp3) is 0.267. The minimum Gasteiger partial charge on any atom is -0.321 e. The summed E-state index contributed by atoms with van der Waals surface area (Å²) in [6.07, 6.45) is 5.79. The monoisotopic (exact) mass is 542 g/mol. The van der Waals surface area contributed by atoms with E-state index < -0.39 is 29.5 Å². The Hall–Kier alpha value is -4.60. The van der Waals surface area contributed by atoms with Crippen LogP contribution in [0.15, 0.2) is 64.7 Å². The van der Waals surface area contributed by atoms with E-state index in [0.29, 0.717) is 41.3 Å². The van der Waals surface area contributed by atoms with E-state index in [0.717, 1.165) is 24.4 Å².